The van der Waals surface area contributed by atoms with E-state index in [2.05, 4.69) is 27.9 Å². The third-order valence-corrected chi connectivity index (χ3v) is 7.41. The van der Waals surface area contributed by atoms with Crippen molar-refractivity contribution in [3.05, 3.63) is 0 Å². The summed E-state index contributed by atoms with van der Waals surface area (Å²) in [6, 6.07) is 0. The quantitative estimate of drug-likeness (QED) is 0.0658. The molecule has 0 rings (SSSR count). The largest absolute Gasteiger partial charge is 1.00 e. The molecule has 3 nitrogen and oxygen atoms in total. The van der Waals surface area contributed by atoms with Crippen molar-refractivity contribution in [1.29, 1.82) is 0 Å². The van der Waals surface area contributed by atoms with Crippen molar-refractivity contribution in [3.63, 3.8) is 0 Å². The maximum Gasteiger partial charge on any atom is 0.129 e. The van der Waals surface area contributed by atoms with Crippen molar-refractivity contribution in [2.45, 2.75) is 162 Å². The number of aliphatic hydroxyl groups excluding tert-OH is 1. The highest BCUT2D eigenvalue weighted by Crippen LogP contribution is 2.22. The average molecular weight is 565 g/mol. The normalized spacial score (nSPS) is 12.6. The number of quaternary nitrogens is 1. The Kier molecular flexibility index (Phi) is 31.0. The Bertz CT molecular complexity index is 392. The molecule has 35 heavy (non-hydrogen) atoms. The molecule has 0 aromatic heterocycles. The van der Waals surface area contributed by atoms with E-state index >= 15 is 0 Å². The zero-order valence-corrected chi connectivity index (χ0v) is 26.2. The smallest absolute Gasteiger partial charge is 0.129 e. The van der Waals surface area contributed by atoms with Gasteiger partial charge in [-0.1, -0.05) is 149 Å². The van der Waals surface area contributed by atoms with Crippen molar-refractivity contribution in [3.8, 4) is 0 Å². The second-order valence-electron chi connectivity index (χ2n) is 11.5. The van der Waals surface area contributed by atoms with E-state index in [1.54, 1.807) is 0 Å². The SMILES string of the molecule is CCCCCCCCCCCCCC(CCCCCCCCCCCC)C[N+](C)(C)OCCO.[Br-]. The van der Waals surface area contributed by atoms with Crippen molar-refractivity contribution in [1.82, 2.24) is 0 Å². The summed E-state index contributed by atoms with van der Waals surface area (Å²) in [5.74, 6) is 0.751. The Labute approximate surface area is 232 Å². The molecule has 4 heteroatoms. The van der Waals surface area contributed by atoms with E-state index in [-0.39, 0.29) is 23.6 Å². The van der Waals surface area contributed by atoms with Gasteiger partial charge in [-0.25, -0.2) is 4.84 Å². The summed E-state index contributed by atoms with van der Waals surface area (Å²) in [6.07, 6.45) is 32.4. The van der Waals surface area contributed by atoms with Crippen molar-refractivity contribution < 1.29 is 31.6 Å². The van der Waals surface area contributed by atoms with Crippen LogP contribution in [0.1, 0.15) is 162 Å². The monoisotopic (exact) mass is 563 g/mol. The Balaban J connectivity index is 0. The predicted octanol–water partition coefficient (Wildman–Crippen LogP) is 6.62. The summed E-state index contributed by atoms with van der Waals surface area (Å²) < 4.78 is 0.584. The molecule has 1 N–H and O–H groups in total. The van der Waals surface area contributed by atoms with Crippen LogP contribution in [0.4, 0.5) is 0 Å². The van der Waals surface area contributed by atoms with E-state index in [0.717, 1.165) is 12.5 Å². The minimum absolute atomic E-state index is 0. The minimum Gasteiger partial charge on any atom is -1.00 e. The van der Waals surface area contributed by atoms with E-state index < -0.39 is 0 Å². The lowest BCUT2D eigenvalue weighted by atomic mass is 9.93. The van der Waals surface area contributed by atoms with Gasteiger partial charge in [0, 0.05) is 5.92 Å². The number of aliphatic hydroxyl groups is 1. The highest BCUT2D eigenvalue weighted by atomic mass is 79.9. The molecule has 0 heterocycles. The van der Waals surface area contributed by atoms with Gasteiger partial charge >= 0.3 is 0 Å². The molecular weight excluding hydrogens is 498 g/mol. The molecule has 0 aromatic carbocycles. The van der Waals surface area contributed by atoms with Gasteiger partial charge in [-0.05, 0) is 12.8 Å². The van der Waals surface area contributed by atoms with E-state index in [0.29, 0.717) is 11.3 Å². The highest BCUT2D eigenvalue weighted by molar-refractivity contribution is 4.61. The van der Waals surface area contributed by atoms with Gasteiger partial charge < -0.3 is 22.1 Å². The van der Waals surface area contributed by atoms with Gasteiger partial charge in [-0.15, -0.1) is 0 Å². The third-order valence-electron chi connectivity index (χ3n) is 7.41. The molecule has 0 aliphatic rings. The maximum atomic E-state index is 9.15. The van der Waals surface area contributed by atoms with Crippen LogP contribution >= 0.6 is 0 Å². The Morgan fingerprint density at radius 3 is 1.17 bits per heavy atom. The molecule has 0 spiro atoms. The fourth-order valence-electron chi connectivity index (χ4n) is 5.31. The number of nitrogens with zero attached hydrogens (tertiary/aromatic N) is 1. The summed E-state index contributed by atoms with van der Waals surface area (Å²) >= 11 is 0. The maximum absolute atomic E-state index is 9.15. The van der Waals surface area contributed by atoms with Crippen LogP contribution in [-0.4, -0.2) is 43.6 Å². The lowest BCUT2D eigenvalue weighted by Gasteiger charge is -2.31. The Morgan fingerprint density at radius 2 is 0.857 bits per heavy atom. The van der Waals surface area contributed by atoms with Crippen molar-refractivity contribution in [2.24, 2.45) is 5.92 Å². The third kappa shape index (κ3) is 28.8. The van der Waals surface area contributed by atoms with Crippen LogP contribution in [-0.2, 0) is 4.84 Å². The van der Waals surface area contributed by atoms with Crippen LogP contribution in [0.5, 0.6) is 0 Å². The Hall–Kier alpha value is 0.360. The number of hydrogen-bond donors (Lipinski definition) is 1. The molecule has 0 fully saturated rings. The first kappa shape index (κ1) is 37.5. The molecule has 0 aliphatic carbocycles. The van der Waals surface area contributed by atoms with Crippen LogP contribution < -0.4 is 17.0 Å². The number of unbranched alkanes of at least 4 members (excludes halogenated alkanes) is 19. The van der Waals surface area contributed by atoms with Crippen LogP contribution in [0.25, 0.3) is 0 Å². The van der Waals surface area contributed by atoms with E-state index in [4.69, 9.17) is 9.94 Å². The molecule has 0 saturated carbocycles. The van der Waals surface area contributed by atoms with E-state index in [9.17, 15) is 0 Å². The first-order valence-corrected chi connectivity index (χ1v) is 15.6. The van der Waals surface area contributed by atoms with Crippen molar-refractivity contribution in [2.75, 3.05) is 33.9 Å². The van der Waals surface area contributed by atoms with Crippen LogP contribution in [0.15, 0.2) is 0 Å². The lowest BCUT2D eigenvalue weighted by Crippen LogP contribution is -3.00. The second kappa shape index (κ2) is 28.9. The molecule has 0 saturated heterocycles. The number of rotatable bonds is 28. The van der Waals surface area contributed by atoms with Crippen LogP contribution in [0.3, 0.4) is 0 Å². The van der Waals surface area contributed by atoms with Gasteiger partial charge in [-0.3, -0.25) is 0 Å². The molecule has 214 valence electrons. The standard InChI is InChI=1S/C31H66NO2.BrH/c1-5-7-9-11-13-15-17-19-21-23-25-27-31(30-32(3,4)34-29-28-33)26-24-22-20-18-16-14-12-10-8-6-2;/h31,33H,5-30H2,1-4H3;1H/q+1;/p-1. The first-order valence-electron chi connectivity index (χ1n) is 15.6. The molecule has 0 radical (unpaired) electrons. The average Bonchev–Trinajstić information content (AvgIpc) is 2.82. The van der Waals surface area contributed by atoms with E-state index in [1.165, 1.54) is 148 Å². The molecule has 0 amide bonds. The van der Waals surface area contributed by atoms with Gasteiger partial charge in [0.05, 0.1) is 20.7 Å². The summed E-state index contributed by atoms with van der Waals surface area (Å²) in [4.78, 5) is 5.90. The van der Waals surface area contributed by atoms with Crippen LogP contribution in [0.2, 0.25) is 0 Å². The van der Waals surface area contributed by atoms with Gasteiger partial charge in [0.1, 0.15) is 13.2 Å². The summed E-state index contributed by atoms with van der Waals surface area (Å²) in [5, 5.41) is 9.15. The zero-order chi connectivity index (χ0) is 25.2. The summed E-state index contributed by atoms with van der Waals surface area (Å²) in [6.45, 7) is 6.22. The molecule has 0 aromatic rings. The number of halogens is 1. The zero-order valence-electron chi connectivity index (χ0n) is 24.6. The summed E-state index contributed by atoms with van der Waals surface area (Å²) in [7, 11) is 4.31. The molecular formula is C31H66BrNO2. The second-order valence-corrected chi connectivity index (χ2v) is 11.5. The minimum atomic E-state index is 0. The van der Waals surface area contributed by atoms with Gasteiger partial charge in [0.15, 0.2) is 0 Å². The van der Waals surface area contributed by atoms with Crippen LogP contribution in [0, 0.1) is 5.92 Å². The molecule has 1 atom stereocenters. The number of hydroxylamine groups is 3. The van der Waals surface area contributed by atoms with Gasteiger partial charge in [0.25, 0.3) is 0 Å². The molecule has 0 aliphatic heterocycles. The van der Waals surface area contributed by atoms with Gasteiger partial charge in [-0.2, -0.15) is 4.65 Å². The van der Waals surface area contributed by atoms with Crippen molar-refractivity contribution >= 4 is 0 Å². The molecule has 0 bridgehead atoms. The predicted molar refractivity (Wildman–Crippen MR) is 151 cm³/mol. The van der Waals surface area contributed by atoms with E-state index in [1.807, 2.05) is 0 Å². The first-order chi connectivity index (χ1) is 16.6. The fraction of sp³-hybridized carbons (Fsp3) is 1.00. The van der Waals surface area contributed by atoms with Gasteiger partial charge in [0.2, 0.25) is 0 Å². The number of hydrogen-bond acceptors (Lipinski definition) is 2. The fourth-order valence-corrected chi connectivity index (χ4v) is 5.31. The lowest BCUT2D eigenvalue weighted by molar-refractivity contribution is -1.08. The highest BCUT2D eigenvalue weighted by Gasteiger charge is 2.23. The molecule has 1 unspecified atom stereocenters. The summed E-state index contributed by atoms with van der Waals surface area (Å²) in [5.41, 5.74) is 0. The topological polar surface area (TPSA) is 29.5 Å². The Morgan fingerprint density at radius 1 is 0.543 bits per heavy atom.